The molecule has 1 aromatic carbocycles. The molecule has 1 heterocycles. The largest absolute Gasteiger partial charge is 0.353 e. The number of carbonyl (C=O) groups is 2. The second kappa shape index (κ2) is 5.71. The summed E-state index contributed by atoms with van der Waals surface area (Å²) in [6.07, 6.45) is 0. The summed E-state index contributed by atoms with van der Waals surface area (Å²) in [5.74, 6) is -0.262. The normalized spacial score (nSPS) is 17.3. The van der Waals surface area contributed by atoms with Crippen molar-refractivity contribution in [3.05, 3.63) is 28.2 Å². The minimum atomic E-state index is -0.497. The molecule has 0 radical (unpaired) electrons. The first-order chi connectivity index (χ1) is 8.99. The van der Waals surface area contributed by atoms with E-state index in [9.17, 15) is 9.59 Å². The van der Waals surface area contributed by atoms with Gasteiger partial charge in [0.1, 0.15) is 6.04 Å². The molecule has 0 aromatic heterocycles. The number of halogens is 1. The van der Waals surface area contributed by atoms with Gasteiger partial charge in [0.05, 0.1) is 6.54 Å². The highest BCUT2D eigenvalue weighted by Crippen LogP contribution is 2.36. The molecule has 1 aromatic rings. The third-order valence-corrected chi connectivity index (χ3v) is 3.47. The lowest BCUT2D eigenvalue weighted by atomic mass is 10.1. The molecule has 1 atom stereocenters. The average molecular weight is 326 g/mol. The predicted octanol–water partition coefficient (Wildman–Crippen LogP) is 1.56. The number of carbonyl (C=O) groups excluding carboxylic acids is 2. The van der Waals surface area contributed by atoms with Crippen molar-refractivity contribution in [1.29, 1.82) is 0 Å². The number of anilines is 1. The van der Waals surface area contributed by atoms with Crippen LogP contribution in [0.3, 0.4) is 0 Å². The second-order valence-corrected chi connectivity index (χ2v) is 5.58. The molecular formula is C13H16BrN3O2. The monoisotopic (exact) mass is 325 g/mol. The number of hydrogen-bond acceptors (Lipinski definition) is 3. The van der Waals surface area contributed by atoms with E-state index in [4.69, 9.17) is 0 Å². The van der Waals surface area contributed by atoms with Crippen LogP contribution in [0.4, 0.5) is 5.69 Å². The fourth-order valence-electron chi connectivity index (χ4n) is 2.04. The van der Waals surface area contributed by atoms with Crippen LogP contribution in [-0.2, 0) is 9.59 Å². The summed E-state index contributed by atoms with van der Waals surface area (Å²) in [5.41, 5.74) is 1.63. The maximum atomic E-state index is 11.9. The lowest BCUT2D eigenvalue weighted by Gasteiger charge is -2.14. The number of nitrogens with one attached hydrogen (secondary N) is 3. The molecule has 1 aliphatic rings. The van der Waals surface area contributed by atoms with Gasteiger partial charge in [0.2, 0.25) is 11.8 Å². The molecule has 1 unspecified atom stereocenters. The fourth-order valence-corrected chi connectivity index (χ4v) is 2.63. The van der Waals surface area contributed by atoms with Crippen molar-refractivity contribution in [3.8, 4) is 0 Å². The second-order valence-electron chi connectivity index (χ2n) is 4.73. The highest BCUT2D eigenvalue weighted by atomic mass is 79.9. The van der Waals surface area contributed by atoms with Crippen LogP contribution in [-0.4, -0.2) is 24.4 Å². The maximum absolute atomic E-state index is 11.9. The Bertz CT molecular complexity index is 517. The van der Waals surface area contributed by atoms with E-state index in [1.807, 2.05) is 32.0 Å². The Morgan fingerprint density at radius 3 is 2.89 bits per heavy atom. The van der Waals surface area contributed by atoms with Gasteiger partial charge in [-0.1, -0.05) is 22.0 Å². The van der Waals surface area contributed by atoms with E-state index < -0.39 is 6.04 Å². The summed E-state index contributed by atoms with van der Waals surface area (Å²) in [6.45, 7) is 3.90. The summed E-state index contributed by atoms with van der Waals surface area (Å²) in [6, 6.07) is 5.17. The molecule has 2 rings (SSSR count). The number of fused-ring (bicyclic) bond motifs is 1. The van der Waals surface area contributed by atoms with Crippen LogP contribution in [0.15, 0.2) is 22.7 Å². The Kier molecular flexibility index (Phi) is 4.21. The molecule has 0 saturated heterocycles. The summed E-state index contributed by atoms with van der Waals surface area (Å²) in [5, 5.41) is 8.54. The first-order valence-corrected chi connectivity index (χ1v) is 6.90. The number of hydrogen-bond donors (Lipinski definition) is 3. The minimum Gasteiger partial charge on any atom is -0.353 e. The van der Waals surface area contributed by atoms with Crippen molar-refractivity contribution in [2.45, 2.75) is 25.9 Å². The van der Waals surface area contributed by atoms with Crippen molar-refractivity contribution in [2.24, 2.45) is 0 Å². The number of benzene rings is 1. The van der Waals surface area contributed by atoms with E-state index in [0.29, 0.717) is 0 Å². The highest BCUT2D eigenvalue weighted by Gasteiger charge is 2.32. The lowest BCUT2D eigenvalue weighted by Crippen LogP contribution is -2.40. The van der Waals surface area contributed by atoms with Crippen molar-refractivity contribution in [1.82, 2.24) is 10.6 Å². The van der Waals surface area contributed by atoms with Crippen LogP contribution in [0.1, 0.15) is 25.5 Å². The van der Waals surface area contributed by atoms with Gasteiger partial charge >= 0.3 is 0 Å². The van der Waals surface area contributed by atoms with Crippen LogP contribution in [0.25, 0.3) is 0 Å². The minimum absolute atomic E-state index is 0.0886. The van der Waals surface area contributed by atoms with Gasteiger partial charge in [0, 0.05) is 21.8 Å². The van der Waals surface area contributed by atoms with Crippen LogP contribution in [0.2, 0.25) is 0 Å². The van der Waals surface area contributed by atoms with E-state index in [2.05, 4.69) is 31.9 Å². The Morgan fingerprint density at radius 2 is 2.21 bits per heavy atom. The van der Waals surface area contributed by atoms with Gasteiger partial charge in [0.15, 0.2) is 0 Å². The fraction of sp³-hybridized carbons (Fsp3) is 0.385. The molecule has 0 bridgehead atoms. The zero-order valence-corrected chi connectivity index (χ0v) is 12.4. The Labute approximate surface area is 120 Å². The third-order valence-electron chi connectivity index (χ3n) is 2.78. The van der Waals surface area contributed by atoms with E-state index >= 15 is 0 Å². The molecule has 0 fully saturated rings. The molecule has 102 valence electrons. The molecule has 6 heteroatoms. The van der Waals surface area contributed by atoms with E-state index in [0.717, 1.165) is 15.7 Å². The lowest BCUT2D eigenvalue weighted by molar-refractivity contribution is -0.121. The molecule has 19 heavy (non-hydrogen) atoms. The van der Waals surface area contributed by atoms with Gasteiger partial charge in [-0.25, -0.2) is 0 Å². The SMILES string of the molecule is CC(C)NC(=O)CNC1C(=O)Nc2cccc(Br)c21. The Balaban J connectivity index is 2.06. The van der Waals surface area contributed by atoms with Gasteiger partial charge in [-0.15, -0.1) is 0 Å². The molecule has 2 amide bonds. The van der Waals surface area contributed by atoms with E-state index in [1.54, 1.807) is 0 Å². The van der Waals surface area contributed by atoms with Crippen molar-refractivity contribution < 1.29 is 9.59 Å². The molecule has 5 nitrogen and oxygen atoms in total. The molecule has 3 N–H and O–H groups in total. The number of amides is 2. The Morgan fingerprint density at radius 1 is 1.47 bits per heavy atom. The molecule has 0 spiro atoms. The highest BCUT2D eigenvalue weighted by molar-refractivity contribution is 9.10. The van der Waals surface area contributed by atoms with Crippen LogP contribution in [0, 0.1) is 0 Å². The van der Waals surface area contributed by atoms with Crippen molar-refractivity contribution >= 4 is 33.4 Å². The van der Waals surface area contributed by atoms with Crippen molar-refractivity contribution in [2.75, 3.05) is 11.9 Å². The summed E-state index contributed by atoms with van der Waals surface area (Å²) < 4.78 is 0.852. The molecular weight excluding hydrogens is 310 g/mol. The van der Waals surface area contributed by atoms with E-state index in [-0.39, 0.29) is 24.4 Å². The Hall–Kier alpha value is -1.40. The zero-order valence-electron chi connectivity index (χ0n) is 10.8. The summed E-state index contributed by atoms with van der Waals surface area (Å²) in [7, 11) is 0. The van der Waals surface area contributed by atoms with Gasteiger partial charge in [-0.3, -0.25) is 14.9 Å². The average Bonchev–Trinajstić information content (AvgIpc) is 2.63. The summed E-state index contributed by atoms with van der Waals surface area (Å²) in [4.78, 5) is 23.5. The predicted molar refractivity (Wildman–Crippen MR) is 76.8 cm³/mol. The van der Waals surface area contributed by atoms with Gasteiger partial charge < -0.3 is 10.6 Å². The quantitative estimate of drug-likeness (QED) is 0.786. The molecule has 0 saturated carbocycles. The molecule has 1 aliphatic heterocycles. The van der Waals surface area contributed by atoms with Crippen LogP contribution in [0.5, 0.6) is 0 Å². The van der Waals surface area contributed by atoms with Crippen molar-refractivity contribution in [3.63, 3.8) is 0 Å². The molecule has 0 aliphatic carbocycles. The van der Waals surface area contributed by atoms with Crippen LogP contribution >= 0.6 is 15.9 Å². The van der Waals surface area contributed by atoms with Crippen LogP contribution < -0.4 is 16.0 Å². The zero-order chi connectivity index (χ0) is 14.0. The van der Waals surface area contributed by atoms with Gasteiger partial charge in [0.25, 0.3) is 0 Å². The summed E-state index contributed by atoms with van der Waals surface area (Å²) >= 11 is 3.43. The first kappa shape index (κ1) is 14.0. The third kappa shape index (κ3) is 3.13. The topological polar surface area (TPSA) is 70.2 Å². The maximum Gasteiger partial charge on any atom is 0.246 e. The smallest absolute Gasteiger partial charge is 0.246 e. The standard InChI is InChI=1S/C13H16BrN3O2/c1-7(2)16-10(18)6-15-12-11-8(14)4-3-5-9(11)17-13(12)19/h3-5,7,12,15H,6H2,1-2H3,(H,16,18)(H,17,19). The number of rotatable bonds is 4. The first-order valence-electron chi connectivity index (χ1n) is 6.11. The van der Waals surface area contributed by atoms with Gasteiger partial charge in [-0.05, 0) is 26.0 Å². The van der Waals surface area contributed by atoms with Gasteiger partial charge in [-0.2, -0.15) is 0 Å². The van der Waals surface area contributed by atoms with E-state index in [1.165, 1.54) is 0 Å².